The van der Waals surface area contributed by atoms with E-state index in [1.165, 1.54) is 22.3 Å². The van der Waals surface area contributed by atoms with Crippen LogP contribution in [0.2, 0.25) is 0 Å². The van der Waals surface area contributed by atoms with Crippen molar-refractivity contribution < 1.29 is 9.53 Å². The third-order valence-corrected chi connectivity index (χ3v) is 6.04. The Morgan fingerprint density at radius 3 is 2.68 bits per heavy atom. The van der Waals surface area contributed by atoms with Gasteiger partial charge in [0, 0.05) is 44.6 Å². The molecule has 0 N–H and O–H groups in total. The predicted octanol–water partition coefficient (Wildman–Crippen LogP) is 3.55. The van der Waals surface area contributed by atoms with Crippen LogP contribution in [-0.2, 0) is 22.6 Å². The van der Waals surface area contributed by atoms with Gasteiger partial charge in [-0.05, 0) is 30.5 Å². The molecule has 4 nitrogen and oxygen atoms in total. The Balaban J connectivity index is 1.47. The molecule has 1 spiro atoms. The Bertz CT molecular complexity index is 836. The Labute approximate surface area is 168 Å². The summed E-state index contributed by atoms with van der Waals surface area (Å²) >= 11 is 0. The molecular weight excluding hydrogens is 348 g/mol. The van der Waals surface area contributed by atoms with E-state index in [9.17, 15) is 4.79 Å². The number of ether oxygens (including phenoxy) is 1. The van der Waals surface area contributed by atoms with Crippen LogP contribution in [0.4, 0.5) is 0 Å². The average molecular weight is 379 g/mol. The fraction of sp³-hybridized carbons (Fsp3) is 0.458. The molecule has 148 valence electrons. The highest BCUT2D eigenvalue weighted by atomic mass is 16.5. The SMILES string of the molecule is Cc1ccc(C)c(CN2CCOCC3(CC(=O)N(Cc4ccccc4)C3)C2)c1. The zero-order valence-electron chi connectivity index (χ0n) is 17.0. The van der Waals surface area contributed by atoms with Gasteiger partial charge in [-0.3, -0.25) is 9.69 Å². The quantitative estimate of drug-likeness (QED) is 0.816. The van der Waals surface area contributed by atoms with Gasteiger partial charge in [0.15, 0.2) is 0 Å². The first-order valence-corrected chi connectivity index (χ1v) is 10.2. The molecular formula is C24H30N2O2. The molecule has 2 heterocycles. The Hall–Kier alpha value is -2.17. The Morgan fingerprint density at radius 1 is 1.04 bits per heavy atom. The molecule has 0 aliphatic carbocycles. The van der Waals surface area contributed by atoms with Crippen LogP contribution in [-0.4, -0.2) is 48.6 Å². The van der Waals surface area contributed by atoms with Gasteiger partial charge in [0.2, 0.25) is 5.91 Å². The van der Waals surface area contributed by atoms with E-state index in [2.05, 4.69) is 49.1 Å². The van der Waals surface area contributed by atoms with E-state index < -0.39 is 0 Å². The van der Waals surface area contributed by atoms with Crippen molar-refractivity contribution in [3.63, 3.8) is 0 Å². The van der Waals surface area contributed by atoms with Gasteiger partial charge in [-0.2, -0.15) is 0 Å². The molecule has 0 aromatic heterocycles. The fourth-order valence-corrected chi connectivity index (χ4v) is 4.56. The molecule has 2 aromatic carbocycles. The second-order valence-corrected chi connectivity index (χ2v) is 8.61. The normalized spacial score (nSPS) is 23.4. The molecule has 2 aliphatic rings. The van der Waals surface area contributed by atoms with Crippen LogP contribution in [0.5, 0.6) is 0 Å². The maximum Gasteiger partial charge on any atom is 0.223 e. The van der Waals surface area contributed by atoms with E-state index in [0.717, 1.165) is 32.8 Å². The number of nitrogens with zero attached hydrogens (tertiary/aromatic N) is 2. The van der Waals surface area contributed by atoms with Crippen LogP contribution in [0.3, 0.4) is 0 Å². The lowest BCUT2D eigenvalue weighted by molar-refractivity contribution is -0.128. The molecule has 2 aliphatic heterocycles. The fourth-order valence-electron chi connectivity index (χ4n) is 4.56. The van der Waals surface area contributed by atoms with Crippen molar-refractivity contribution in [1.82, 2.24) is 9.80 Å². The van der Waals surface area contributed by atoms with Gasteiger partial charge in [0.1, 0.15) is 0 Å². The molecule has 0 bridgehead atoms. The van der Waals surface area contributed by atoms with E-state index >= 15 is 0 Å². The highest BCUT2D eigenvalue weighted by molar-refractivity contribution is 5.79. The molecule has 4 heteroatoms. The van der Waals surface area contributed by atoms with Crippen LogP contribution in [0.25, 0.3) is 0 Å². The van der Waals surface area contributed by atoms with Gasteiger partial charge in [-0.15, -0.1) is 0 Å². The van der Waals surface area contributed by atoms with E-state index in [-0.39, 0.29) is 11.3 Å². The Kier molecular flexibility index (Phi) is 5.51. The summed E-state index contributed by atoms with van der Waals surface area (Å²) in [6, 6.07) is 16.9. The van der Waals surface area contributed by atoms with Crippen molar-refractivity contribution in [2.75, 3.05) is 32.8 Å². The molecule has 0 radical (unpaired) electrons. The van der Waals surface area contributed by atoms with Crippen molar-refractivity contribution in [3.8, 4) is 0 Å². The number of carbonyl (C=O) groups is 1. The largest absolute Gasteiger partial charge is 0.379 e. The third kappa shape index (κ3) is 4.29. The highest BCUT2D eigenvalue weighted by Gasteiger charge is 2.45. The minimum atomic E-state index is -0.0971. The van der Waals surface area contributed by atoms with Crippen LogP contribution in [0.15, 0.2) is 48.5 Å². The molecule has 1 atom stereocenters. The zero-order chi connectivity index (χ0) is 19.6. The molecule has 2 fully saturated rings. The number of hydrogen-bond donors (Lipinski definition) is 0. The van der Waals surface area contributed by atoms with Crippen LogP contribution < -0.4 is 0 Å². The summed E-state index contributed by atoms with van der Waals surface area (Å²) in [4.78, 5) is 17.3. The summed E-state index contributed by atoms with van der Waals surface area (Å²) in [7, 11) is 0. The van der Waals surface area contributed by atoms with Gasteiger partial charge in [-0.25, -0.2) is 0 Å². The molecule has 2 saturated heterocycles. The van der Waals surface area contributed by atoms with E-state index in [1.807, 2.05) is 23.1 Å². The summed E-state index contributed by atoms with van der Waals surface area (Å²) in [5.74, 6) is 0.251. The number of amides is 1. The number of carbonyl (C=O) groups excluding carboxylic acids is 1. The first-order valence-electron chi connectivity index (χ1n) is 10.2. The average Bonchev–Trinajstić information content (AvgIpc) is 2.84. The van der Waals surface area contributed by atoms with Crippen molar-refractivity contribution in [2.24, 2.45) is 5.41 Å². The maximum absolute atomic E-state index is 12.8. The van der Waals surface area contributed by atoms with Gasteiger partial charge in [0.25, 0.3) is 0 Å². The zero-order valence-corrected chi connectivity index (χ0v) is 17.0. The number of benzene rings is 2. The topological polar surface area (TPSA) is 32.8 Å². The van der Waals surface area contributed by atoms with Crippen molar-refractivity contribution in [3.05, 3.63) is 70.8 Å². The lowest BCUT2D eigenvalue weighted by Crippen LogP contribution is -2.40. The second kappa shape index (κ2) is 8.06. The monoisotopic (exact) mass is 378 g/mol. The van der Waals surface area contributed by atoms with Crippen LogP contribution in [0, 0.1) is 19.3 Å². The van der Waals surface area contributed by atoms with Crippen molar-refractivity contribution in [1.29, 1.82) is 0 Å². The summed E-state index contributed by atoms with van der Waals surface area (Å²) in [5.41, 5.74) is 5.10. The summed E-state index contributed by atoms with van der Waals surface area (Å²) in [5, 5.41) is 0. The van der Waals surface area contributed by atoms with Crippen LogP contribution in [0.1, 0.15) is 28.7 Å². The summed E-state index contributed by atoms with van der Waals surface area (Å²) in [6.45, 7) is 9.97. The minimum Gasteiger partial charge on any atom is -0.379 e. The standard InChI is InChI=1S/C24H30N2O2/c1-19-8-9-20(2)22(12-19)15-25-10-11-28-18-24(16-25)13-23(27)26(17-24)14-21-6-4-3-5-7-21/h3-9,12H,10-11,13-18H2,1-2H3. The van der Waals surface area contributed by atoms with Crippen molar-refractivity contribution >= 4 is 5.91 Å². The first-order chi connectivity index (χ1) is 13.5. The molecule has 0 saturated carbocycles. The van der Waals surface area contributed by atoms with E-state index in [4.69, 9.17) is 4.74 Å². The lowest BCUT2D eigenvalue weighted by Gasteiger charge is -2.31. The van der Waals surface area contributed by atoms with Crippen LogP contribution >= 0.6 is 0 Å². The molecule has 1 unspecified atom stereocenters. The van der Waals surface area contributed by atoms with E-state index in [0.29, 0.717) is 19.6 Å². The number of likely N-dealkylation sites (tertiary alicyclic amines) is 1. The lowest BCUT2D eigenvalue weighted by atomic mass is 9.87. The van der Waals surface area contributed by atoms with Gasteiger partial charge >= 0.3 is 0 Å². The minimum absolute atomic E-state index is 0.0971. The third-order valence-electron chi connectivity index (χ3n) is 6.04. The first kappa shape index (κ1) is 19.2. The predicted molar refractivity (Wildman–Crippen MR) is 111 cm³/mol. The number of rotatable bonds is 4. The number of hydrogen-bond acceptors (Lipinski definition) is 3. The van der Waals surface area contributed by atoms with Crippen molar-refractivity contribution in [2.45, 2.75) is 33.4 Å². The van der Waals surface area contributed by atoms with Gasteiger partial charge in [-0.1, -0.05) is 54.1 Å². The van der Waals surface area contributed by atoms with Gasteiger partial charge < -0.3 is 9.64 Å². The summed E-state index contributed by atoms with van der Waals surface area (Å²) in [6.07, 6.45) is 0.586. The van der Waals surface area contributed by atoms with E-state index in [1.54, 1.807) is 0 Å². The summed E-state index contributed by atoms with van der Waals surface area (Å²) < 4.78 is 5.98. The number of aryl methyl sites for hydroxylation is 2. The molecule has 2 aromatic rings. The molecule has 28 heavy (non-hydrogen) atoms. The molecule has 4 rings (SSSR count). The smallest absolute Gasteiger partial charge is 0.223 e. The maximum atomic E-state index is 12.8. The van der Waals surface area contributed by atoms with Gasteiger partial charge in [0.05, 0.1) is 13.2 Å². The Morgan fingerprint density at radius 2 is 1.86 bits per heavy atom. The molecule has 1 amide bonds. The highest BCUT2D eigenvalue weighted by Crippen LogP contribution is 2.35. The second-order valence-electron chi connectivity index (χ2n) is 8.61.